The molecule has 0 unspecified atom stereocenters. The van der Waals surface area contributed by atoms with Gasteiger partial charge in [-0.15, -0.1) is 0 Å². The quantitative estimate of drug-likeness (QED) is 0.780. The first-order valence-corrected chi connectivity index (χ1v) is 4.94. The molecule has 0 radical (unpaired) electrons. The second-order valence-corrected chi connectivity index (χ2v) is 3.55. The predicted octanol–water partition coefficient (Wildman–Crippen LogP) is 2.64. The lowest BCUT2D eigenvalue weighted by molar-refractivity contribution is -0.131. The molecule has 3 nitrogen and oxygen atoms in total. The summed E-state index contributed by atoms with van der Waals surface area (Å²) < 4.78 is 0. The number of aromatic nitrogens is 1. The van der Waals surface area contributed by atoms with E-state index in [1.165, 1.54) is 6.08 Å². The van der Waals surface area contributed by atoms with Crippen molar-refractivity contribution in [3.05, 3.63) is 47.7 Å². The Hall–Kier alpha value is -2.16. The van der Waals surface area contributed by atoms with Crippen molar-refractivity contribution in [3.63, 3.8) is 0 Å². The molecule has 80 valence electrons. The number of pyridine rings is 1. The lowest BCUT2D eigenvalue weighted by atomic mass is 10.1. The van der Waals surface area contributed by atoms with E-state index in [2.05, 4.69) is 4.98 Å². The van der Waals surface area contributed by atoms with E-state index >= 15 is 0 Å². The lowest BCUT2D eigenvalue weighted by Gasteiger charge is -2.02. The Morgan fingerprint density at radius 3 is 2.88 bits per heavy atom. The molecule has 3 heteroatoms. The molecular formula is C13H11NO2. The van der Waals surface area contributed by atoms with Gasteiger partial charge in [0.1, 0.15) is 0 Å². The number of fused-ring (bicyclic) bond motifs is 1. The second kappa shape index (κ2) is 4.14. The van der Waals surface area contributed by atoms with Crippen molar-refractivity contribution >= 4 is 22.9 Å². The van der Waals surface area contributed by atoms with Crippen molar-refractivity contribution in [1.29, 1.82) is 0 Å². The van der Waals surface area contributed by atoms with Gasteiger partial charge in [-0.25, -0.2) is 9.78 Å². The number of para-hydroxylation sites is 1. The molecule has 2 aromatic rings. The van der Waals surface area contributed by atoms with Crippen molar-refractivity contribution in [2.75, 3.05) is 0 Å². The summed E-state index contributed by atoms with van der Waals surface area (Å²) in [6.45, 7) is 1.99. The molecular weight excluding hydrogens is 202 g/mol. The van der Waals surface area contributed by atoms with Gasteiger partial charge < -0.3 is 5.11 Å². The fourth-order valence-electron chi connectivity index (χ4n) is 1.62. The maximum atomic E-state index is 10.4. The van der Waals surface area contributed by atoms with Crippen LogP contribution in [0.3, 0.4) is 0 Å². The lowest BCUT2D eigenvalue weighted by Crippen LogP contribution is -1.89. The van der Waals surface area contributed by atoms with Crippen LogP contribution in [0.1, 0.15) is 11.3 Å². The molecule has 0 aliphatic rings. The Morgan fingerprint density at radius 2 is 2.12 bits per heavy atom. The van der Waals surface area contributed by atoms with Crippen LogP contribution in [0.15, 0.2) is 36.4 Å². The van der Waals surface area contributed by atoms with Crippen LogP contribution >= 0.6 is 0 Å². The van der Waals surface area contributed by atoms with Crippen LogP contribution < -0.4 is 0 Å². The van der Waals surface area contributed by atoms with Gasteiger partial charge in [-0.05, 0) is 30.7 Å². The third kappa shape index (κ3) is 2.08. The minimum atomic E-state index is -0.965. The van der Waals surface area contributed by atoms with E-state index in [9.17, 15) is 4.79 Å². The summed E-state index contributed by atoms with van der Waals surface area (Å²) in [7, 11) is 0. The van der Waals surface area contributed by atoms with Crippen LogP contribution in [0.2, 0.25) is 0 Å². The monoisotopic (exact) mass is 213 g/mol. The Labute approximate surface area is 93.1 Å². The molecule has 0 aliphatic carbocycles. The van der Waals surface area contributed by atoms with Gasteiger partial charge in [0.05, 0.1) is 11.2 Å². The SMILES string of the molecule is Cc1cc(/C=C/C(=O)O)nc2ccccc12. The topological polar surface area (TPSA) is 50.2 Å². The van der Waals surface area contributed by atoms with Gasteiger partial charge >= 0.3 is 5.97 Å². The van der Waals surface area contributed by atoms with Crippen LogP contribution in [0.4, 0.5) is 0 Å². The summed E-state index contributed by atoms with van der Waals surface area (Å²) in [4.78, 5) is 14.8. The second-order valence-electron chi connectivity index (χ2n) is 3.55. The fraction of sp³-hybridized carbons (Fsp3) is 0.0769. The Morgan fingerprint density at radius 1 is 1.38 bits per heavy atom. The first kappa shape index (κ1) is 10.4. The van der Waals surface area contributed by atoms with Crippen molar-refractivity contribution in [1.82, 2.24) is 4.98 Å². The zero-order valence-electron chi connectivity index (χ0n) is 8.84. The number of aliphatic carboxylic acids is 1. The molecule has 0 fully saturated rings. The van der Waals surface area contributed by atoms with Gasteiger partial charge in [0.2, 0.25) is 0 Å². The number of benzene rings is 1. The number of carboxylic acids is 1. The van der Waals surface area contributed by atoms with Crippen LogP contribution in [0, 0.1) is 6.92 Å². The predicted molar refractivity (Wildman–Crippen MR) is 63.1 cm³/mol. The highest BCUT2D eigenvalue weighted by Gasteiger charge is 2.00. The van der Waals surface area contributed by atoms with E-state index < -0.39 is 5.97 Å². The van der Waals surface area contributed by atoms with Gasteiger partial charge in [-0.2, -0.15) is 0 Å². The standard InChI is InChI=1S/C13H11NO2/c1-9-8-10(6-7-13(15)16)14-12-5-3-2-4-11(9)12/h2-8H,1H3,(H,15,16)/b7-6+. The number of carboxylic acid groups (broad SMARTS) is 1. The number of rotatable bonds is 2. The van der Waals surface area contributed by atoms with Crippen LogP contribution in [-0.2, 0) is 4.79 Å². The summed E-state index contributed by atoms with van der Waals surface area (Å²) in [5.74, 6) is -0.965. The molecule has 0 amide bonds. The minimum Gasteiger partial charge on any atom is -0.478 e. The zero-order valence-corrected chi connectivity index (χ0v) is 8.84. The molecule has 1 heterocycles. The van der Waals surface area contributed by atoms with Crippen LogP contribution in [0.5, 0.6) is 0 Å². The molecule has 0 saturated heterocycles. The van der Waals surface area contributed by atoms with Crippen LogP contribution in [-0.4, -0.2) is 16.1 Å². The maximum absolute atomic E-state index is 10.4. The summed E-state index contributed by atoms with van der Waals surface area (Å²) in [6, 6.07) is 9.67. The smallest absolute Gasteiger partial charge is 0.328 e. The summed E-state index contributed by atoms with van der Waals surface area (Å²) >= 11 is 0. The highest BCUT2D eigenvalue weighted by atomic mass is 16.4. The van der Waals surface area contributed by atoms with Crippen LogP contribution in [0.25, 0.3) is 17.0 Å². The average Bonchev–Trinajstić information content (AvgIpc) is 2.26. The number of nitrogens with zero attached hydrogens (tertiary/aromatic N) is 1. The van der Waals surface area contributed by atoms with E-state index in [4.69, 9.17) is 5.11 Å². The van der Waals surface area contributed by atoms with Crippen molar-refractivity contribution < 1.29 is 9.90 Å². The van der Waals surface area contributed by atoms with E-state index in [-0.39, 0.29) is 0 Å². The molecule has 1 aromatic heterocycles. The van der Waals surface area contributed by atoms with Gasteiger partial charge in [-0.3, -0.25) is 0 Å². The maximum Gasteiger partial charge on any atom is 0.328 e. The van der Waals surface area contributed by atoms with Crippen molar-refractivity contribution in [2.45, 2.75) is 6.92 Å². The van der Waals surface area contributed by atoms with Crippen molar-refractivity contribution in [3.8, 4) is 0 Å². The van der Waals surface area contributed by atoms with E-state index in [1.807, 2.05) is 37.3 Å². The number of carbonyl (C=O) groups is 1. The third-order valence-corrected chi connectivity index (χ3v) is 2.34. The fourth-order valence-corrected chi connectivity index (χ4v) is 1.62. The summed E-state index contributed by atoms with van der Waals surface area (Å²) in [5.41, 5.74) is 2.64. The van der Waals surface area contributed by atoms with Gasteiger partial charge in [0.25, 0.3) is 0 Å². The van der Waals surface area contributed by atoms with Crippen molar-refractivity contribution in [2.24, 2.45) is 0 Å². The van der Waals surface area contributed by atoms with Gasteiger partial charge in [0, 0.05) is 11.5 Å². The first-order chi connectivity index (χ1) is 7.66. The van der Waals surface area contributed by atoms with Gasteiger partial charge in [0.15, 0.2) is 0 Å². The first-order valence-electron chi connectivity index (χ1n) is 4.94. The molecule has 16 heavy (non-hydrogen) atoms. The highest BCUT2D eigenvalue weighted by Crippen LogP contribution is 2.17. The Bertz CT molecular complexity index is 573. The van der Waals surface area contributed by atoms with Gasteiger partial charge in [-0.1, -0.05) is 18.2 Å². The Balaban J connectivity index is 2.54. The minimum absolute atomic E-state index is 0.665. The summed E-state index contributed by atoms with van der Waals surface area (Å²) in [5, 5.41) is 9.64. The number of hydrogen-bond acceptors (Lipinski definition) is 2. The number of hydrogen-bond donors (Lipinski definition) is 1. The molecule has 1 N–H and O–H groups in total. The zero-order chi connectivity index (χ0) is 11.5. The molecule has 1 aromatic carbocycles. The number of aryl methyl sites for hydroxylation is 1. The normalized spacial score (nSPS) is 11.1. The van der Waals surface area contributed by atoms with E-state index in [1.54, 1.807) is 0 Å². The Kier molecular flexibility index (Phi) is 2.68. The average molecular weight is 213 g/mol. The molecule has 0 atom stereocenters. The highest BCUT2D eigenvalue weighted by molar-refractivity contribution is 5.87. The van der Waals surface area contributed by atoms with E-state index in [0.717, 1.165) is 22.5 Å². The molecule has 0 aliphatic heterocycles. The molecule has 2 rings (SSSR count). The largest absolute Gasteiger partial charge is 0.478 e. The molecule has 0 saturated carbocycles. The summed E-state index contributed by atoms with van der Waals surface area (Å²) in [6.07, 6.45) is 2.60. The third-order valence-electron chi connectivity index (χ3n) is 2.34. The van der Waals surface area contributed by atoms with E-state index in [0.29, 0.717) is 5.69 Å². The molecule has 0 bridgehead atoms. The molecule has 0 spiro atoms.